The van der Waals surface area contributed by atoms with Crippen molar-refractivity contribution >= 4 is 11.7 Å². The van der Waals surface area contributed by atoms with Crippen LogP contribution in [0.2, 0.25) is 0 Å². The number of hydrogen-bond acceptors (Lipinski definition) is 4. The van der Waals surface area contributed by atoms with Crippen molar-refractivity contribution in [1.29, 1.82) is 0 Å². The zero-order valence-electron chi connectivity index (χ0n) is 15.0. The summed E-state index contributed by atoms with van der Waals surface area (Å²) >= 11 is 0. The van der Waals surface area contributed by atoms with Crippen LogP contribution in [0.3, 0.4) is 0 Å². The second kappa shape index (κ2) is 7.87. The molecule has 1 aromatic carbocycles. The predicted octanol–water partition coefficient (Wildman–Crippen LogP) is 2.83. The van der Waals surface area contributed by atoms with Gasteiger partial charge in [0.1, 0.15) is 11.9 Å². The molecule has 1 atom stereocenters. The van der Waals surface area contributed by atoms with Crippen LogP contribution in [0, 0.1) is 0 Å². The van der Waals surface area contributed by atoms with Crippen LogP contribution in [0.1, 0.15) is 36.0 Å². The molecule has 1 saturated heterocycles. The van der Waals surface area contributed by atoms with Crippen molar-refractivity contribution in [2.45, 2.75) is 44.9 Å². The average molecular weight is 351 g/mol. The van der Waals surface area contributed by atoms with Crippen molar-refractivity contribution in [3.05, 3.63) is 59.3 Å². The third kappa shape index (κ3) is 3.73. The minimum Gasteiger partial charge on any atom is -0.368 e. The summed E-state index contributed by atoms with van der Waals surface area (Å²) in [4.78, 5) is 19.3. The summed E-state index contributed by atoms with van der Waals surface area (Å²) in [5, 5.41) is 3.04. The van der Waals surface area contributed by atoms with E-state index in [1.165, 1.54) is 11.1 Å². The number of ether oxygens (including phenoxy) is 1. The molecular formula is C21H25N3O2. The van der Waals surface area contributed by atoms with Crippen LogP contribution >= 0.6 is 0 Å². The van der Waals surface area contributed by atoms with Crippen molar-refractivity contribution in [2.75, 3.05) is 18.1 Å². The van der Waals surface area contributed by atoms with Crippen molar-refractivity contribution < 1.29 is 9.53 Å². The Hall–Kier alpha value is -2.40. The van der Waals surface area contributed by atoms with Gasteiger partial charge < -0.3 is 15.0 Å². The van der Waals surface area contributed by atoms with Crippen LogP contribution in [0.15, 0.2) is 42.6 Å². The molecular weight excluding hydrogens is 326 g/mol. The minimum atomic E-state index is -0.300. The summed E-state index contributed by atoms with van der Waals surface area (Å²) in [5.41, 5.74) is 3.83. The normalized spacial score (nSPS) is 19.7. The number of nitrogens with one attached hydrogen (secondary N) is 1. The van der Waals surface area contributed by atoms with Crippen molar-refractivity contribution in [3.8, 4) is 0 Å². The first-order valence-electron chi connectivity index (χ1n) is 9.46. The smallest absolute Gasteiger partial charge is 0.249 e. The number of carbonyl (C=O) groups excluding carboxylic acids is 1. The highest BCUT2D eigenvalue weighted by Crippen LogP contribution is 2.25. The molecule has 1 amide bonds. The Morgan fingerprint density at radius 3 is 2.92 bits per heavy atom. The van der Waals surface area contributed by atoms with Gasteiger partial charge in [-0.2, -0.15) is 0 Å². The molecule has 4 rings (SSSR count). The Balaban J connectivity index is 1.44. The molecule has 136 valence electrons. The van der Waals surface area contributed by atoms with E-state index < -0.39 is 0 Å². The predicted molar refractivity (Wildman–Crippen MR) is 101 cm³/mol. The first-order chi connectivity index (χ1) is 12.8. The molecule has 1 fully saturated rings. The average Bonchev–Trinajstić information content (AvgIpc) is 2.72. The highest BCUT2D eigenvalue weighted by atomic mass is 16.5. The van der Waals surface area contributed by atoms with Crippen LogP contribution < -0.4 is 10.2 Å². The lowest BCUT2D eigenvalue weighted by molar-refractivity contribution is -0.135. The third-order valence-corrected chi connectivity index (χ3v) is 5.22. The van der Waals surface area contributed by atoms with E-state index in [9.17, 15) is 4.79 Å². The largest absolute Gasteiger partial charge is 0.368 e. The fourth-order valence-electron chi connectivity index (χ4n) is 3.77. The Bertz CT molecular complexity index is 771. The number of nitrogens with zero attached hydrogens (tertiary/aromatic N) is 2. The number of pyridine rings is 1. The van der Waals surface area contributed by atoms with Crippen LogP contribution in [-0.4, -0.2) is 30.1 Å². The summed E-state index contributed by atoms with van der Waals surface area (Å²) in [5.74, 6) is 0.954. The molecule has 3 heterocycles. The molecule has 2 aromatic rings. The number of aromatic nitrogens is 1. The molecule has 0 radical (unpaired) electrons. The number of anilines is 1. The van der Waals surface area contributed by atoms with Crippen LogP contribution in [0.25, 0.3) is 0 Å². The molecule has 0 unspecified atom stereocenters. The fourth-order valence-corrected chi connectivity index (χ4v) is 3.77. The number of benzene rings is 1. The number of amides is 1. The molecule has 2 aliphatic rings. The van der Waals surface area contributed by atoms with E-state index in [1.807, 2.05) is 18.3 Å². The Labute approximate surface area is 154 Å². The highest BCUT2D eigenvalue weighted by Gasteiger charge is 2.23. The van der Waals surface area contributed by atoms with Gasteiger partial charge in [0.15, 0.2) is 0 Å². The number of fused-ring (bicyclic) bond motifs is 1. The van der Waals surface area contributed by atoms with Gasteiger partial charge >= 0.3 is 0 Å². The lowest BCUT2D eigenvalue weighted by Crippen LogP contribution is -2.38. The Morgan fingerprint density at radius 2 is 2.08 bits per heavy atom. The maximum atomic E-state index is 12.4. The molecule has 2 aliphatic heterocycles. The van der Waals surface area contributed by atoms with Gasteiger partial charge in [-0.1, -0.05) is 30.3 Å². The first kappa shape index (κ1) is 17.0. The number of carbonyl (C=O) groups is 1. The van der Waals surface area contributed by atoms with Crippen LogP contribution in [-0.2, 0) is 29.0 Å². The summed E-state index contributed by atoms with van der Waals surface area (Å²) in [6.45, 7) is 2.98. The highest BCUT2D eigenvalue weighted by molar-refractivity contribution is 5.80. The van der Waals surface area contributed by atoms with Crippen molar-refractivity contribution in [1.82, 2.24) is 10.3 Å². The van der Waals surface area contributed by atoms with E-state index in [2.05, 4.69) is 39.5 Å². The monoisotopic (exact) mass is 351 g/mol. The molecule has 5 heteroatoms. The molecule has 0 saturated carbocycles. The Morgan fingerprint density at radius 1 is 1.19 bits per heavy atom. The second-order valence-corrected chi connectivity index (χ2v) is 7.00. The van der Waals surface area contributed by atoms with Gasteiger partial charge in [0.05, 0.1) is 0 Å². The lowest BCUT2D eigenvalue weighted by Gasteiger charge is -2.31. The number of hydrogen-bond donors (Lipinski definition) is 1. The van der Waals surface area contributed by atoms with E-state index in [0.29, 0.717) is 13.2 Å². The molecule has 0 spiro atoms. The molecule has 5 nitrogen and oxygen atoms in total. The van der Waals surface area contributed by atoms with Gasteiger partial charge in [0.2, 0.25) is 5.91 Å². The number of rotatable bonds is 4. The third-order valence-electron chi connectivity index (χ3n) is 5.22. The lowest BCUT2D eigenvalue weighted by atomic mass is 9.99. The molecule has 1 aromatic heterocycles. The van der Waals surface area contributed by atoms with Gasteiger partial charge in [-0.25, -0.2) is 4.98 Å². The molecule has 1 N–H and O–H groups in total. The SMILES string of the molecule is O=C(NCc1cccnc1N1CCc2ccccc2C1)[C@H]1CCCCO1. The van der Waals surface area contributed by atoms with Gasteiger partial charge in [0, 0.05) is 38.0 Å². The second-order valence-electron chi connectivity index (χ2n) is 7.00. The van der Waals surface area contributed by atoms with Gasteiger partial charge in [-0.15, -0.1) is 0 Å². The zero-order valence-corrected chi connectivity index (χ0v) is 15.0. The van der Waals surface area contributed by atoms with Gasteiger partial charge in [-0.05, 0) is 42.9 Å². The van der Waals surface area contributed by atoms with E-state index >= 15 is 0 Å². The summed E-state index contributed by atoms with van der Waals surface area (Å²) < 4.78 is 5.58. The molecule has 0 aliphatic carbocycles. The van der Waals surface area contributed by atoms with Gasteiger partial charge in [0.25, 0.3) is 0 Å². The Kier molecular flexibility index (Phi) is 5.16. The zero-order chi connectivity index (χ0) is 17.8. The van der Waals surface area contributed by atoms with Crippen LogP contribution in [0.5, 0.6) is 0 Å². The van der Waals surface area contributed by atoms with E-state index in [-0.39, 0.29) is 12.0 Å². The van der Waals surface area contributed by atoms with E-state index in [1.54, 1.807) is 0 Å². The van der Waals surface area contributed by atoms with Crippen molar-refractivity contribution in [2.24, 2.45) is 0 Å². The van der Waals surface area contributed by atoms with E-state index in [4.69, 9.17) is 4.74 Å². The first-order valence-corrected chi connectivity index (χ1v) is 9.46. The van der Waals surface area contributed by atoms with Crippen molar-refractivity contribution in [3.63, 3.8) is 0 Å². The fraction of sp³-hybridized carbons (Fsp3) is 0.429. The topological polar surface area (TPSA) is 54.5 Å². The van der Waals surface area contributed by atoms with Crippen LogP contribution in [0.4, 0.5) is 5.82 Å². The summed E-state index contributed by atoms with van der Waals surface area (Å²) in [6, 6.07) is 12.6. The van der Waals surface area contributed by atoms with Gasteiger partial charge in [-0.3, -0.25) is 4.79 Å². The maximum Gasteiger partial charge on any atom is 0.249 e. The van der Waals surface area contributed by atoms with E-state index in [0.717, 1.165) is 50.2 Å². The maximum absolute atomic E-state index is 12.4. The summed E-state index contributed by atoms with van der Waals surface area (Å²) in [6.07, 6.45) is 5.47. The molecule has 26 heavy (non-hydrogen) atoms. The molecule has 0 bridgehead atoms. The standard InChI is InChI=1S/C21H25N3O2/c25-21(19-9-3-4-13-26-19)23-14-17-8-5-11-22-20(17)24-12-10-16-6-1-2-7-18(16)15-24/h1-2,5-8,11,19H,3-4,9-10,12-15H2,(H,23,25)/t19-/m1/s1. The summed E-state index contributed by atoms with van der Waals surface area (Å²) in [7, 11) is 0. The minimum absolute atomic E-state index is 0.0107. The quantitative estimate of drug-likeness (QED) is 0.920.